The number of rotatable bonds is 1. The molecular formula is C15H13NS. The number of allylic oxidation sites excluding steroid dienone is 2. The van der Waals surface area contributed by atoms with E-state index in [1.54, 1.807) is 11.3 Å². The highest BCUT2D eigenvalue weighted by Crippen LogP contribution is 2.31. The van der Waals surface area contributed by atoms with Gasteiger partial charge in [0, 0.05) is 5.69 Å². The molecule has 0 unspecified atom stereocenters. The fourth-order valence-electron chi connectivity index (χ4n) is 1.96. The van der Waals surface area contributed by atoms with E-state index in [1.807, 2.05) is 0 Å². The Morgan fingerprint density at radius 3 is 2.71 bits per heavy atom. The molecule has 84 valence electrons. The normalized spacial score (nSPS) is 14.2. The van der Waals surface area contributed by atoms with Crippen molar-refractivity contribution in [3.05, 3.63) is 63.9 Å². The second kappa shape index (κ2) is 4.22. The minimum absolute atomic E-state index is 1.17. The fraction of sp³-hybridized carbons (Fsp3) is 0.0667. The summed E-state index contributed by atoms with van der Waals surface area (Å²) in [6.07, 6.45) is 4.34. The Morgan fingerprint density at radius 1 is 1.00 bits per heavy atom. The van der Waals surface area contributed by atoms with Gasteiger partial charge in [-0.25, -0.2) is 0 Å². The van der Waals surface area contributed by atoms with Gasteiger partial charge in [0.2, 0.25) is 0 Å². The monoisotopic (exact) mass is 239 g/mol. The number of thiophene rings is 1. The van der Waals surface area contributed by atoms with E-state index in [0.29, 0.717) is 0 Å². The molecule has 1 aliphatic heterocycles. The van der Waals surface area contributed by atoms with Gasteiger partial charge < -0.3 is 5.32 Å². The lowest BCUT2D eigenvalue weighted by Gasteiger charge is -2.11. The van der Waals surface area contributed by atoms with E-state index in [2.05, 4.69) is 66.2 Å². The Hall–Kier alpha value is -1.80. The van der Waals surface area contributed by atoms with Crippen LogP contribution in [0.25, 0.3) is 11.8 Å². The lowest BCUT2D eigenvalue weighted by molar-refractivity contribution is 1.50. The number of hydrogen-bond donors (Lipinski definition) is 1. The lowest BCUT2D eigenvalue weighted by Crippen LogP contribution is -1.99. The van der Waals surface area contributed by atoms with E-state index < -0.39 is 0 Å². The van der Waals surface area contributed by atoms with E-state index in [1.165, 1.54) is 27.4 Å². The molecule has 0 saturated heterocycles. The largest absolute Gasteiger partial charge is 0.354 e. The van der Waals surface area contributed by atoms with Gasteiger partial charge in [0.1, 0.15) is 0 Å². The maximum atomic E-state index is 3.54. The van der Waals surface area contributed by atoms with Crippen LogP contribution in [-0.4, -0.2) is 0 Å². The summed E-state index contributed by atoms with van der Waals surface area (Å²) >= 11 is 1.76. The summed E-state index contributed by atoms with van der Waals surface area (Å²) in [5.41, 5.74) is 4.88. The third-order valence-corrected chi connectivity index (χ3v) is 3.78. The smallest absolute Gasteiger partial charge is 0.0589 e. The van der Waals surface area contributed by atoms with Crippen molar-refractivity contribution in [2.24, 2.45) is 0 Å². The molecule has 2 aromatic rings. The Morgan fingerprint density at radius 2 is 1.88 bits per heavy atom. The summed E-state index contributed by atoms with van der Waals surface area (Å²) in [6, 6.07) is 12.6. The average molecular weight is 239 g/mol. The van der Waals surface area contributed by atoms with Crippen molar-refractivity contribution >= 4 is 28.8 Å². The molecule has 0 atom stereocenters. The maximum Gasteiger partial charge on any atom is 0.0589 e. The number of nitrogens with one attached hydrogen (secondary N) is 1. The third-order valence-electron chi connectivity index (χ3n) is 2.90. The van der Waals surface area contributed by atoms with Crippen molar-refractivity contribution in [1.82, 2.24) is 0 Å². The predicted molar refractivity (Wildman–Crippen MR) is 76.0 cm³/mol. The molecule has 2 heteroatoms. The first-order valence-electron chi connectivity index (χ1n) is 5.63. The van der Waals surface area contributed by atoms with E-state index in [-0.39, 0.29) is 0 Å². The van der Waals surface area contributed by atoms with Gasteiger partial charge >= 0.3 is 0 Å². The number of hydrogen-bond acceptors (Lipinski definition) is 2. The summed E-state index contributed by atoms with van der Waals surface area (Å²) in [4.78, 5) is 1.28. The van der Waals surface area contributed by atoms with Crippen LogP contribution in [-0.2, 0) is 0 Å². The Balaban J connectivity index is 2.10. The second-order valence-electron chi connectivity index (χ2n) is 4.08. The van der Waals surface area contributed by atoms with Crippen LogP contribution in [0.15, 0.2) is 53.4 Å². The first-order chi connectivity index (χ1) is 8.34. The highest BCUT2D eigenvalue weighted by atomic mass is 32.1. The minimum atomic E-state index is 1.17. The molecule has 0 radical (unpaired) electrons. The van der Waals surface area contributed by atoms with Gasteiger partial charge in [0.05, 0.1) is 10.6 Å². The number of benzene rings is 1. The van der Waals surface area contributed by atoms with Crippen molar-refractivity contribution < 1.29 is 0 Å². The van der Waals surface area contributed by atoms with Crippen molar-refractivity contribution in [1.29, 1.82) is 0 Å². The van der Waals surface area contributed by atoms with Gasteiger partial charge in [-0.05, 0) is 35.6 Å². The molecule has 0 fully saturated rings. The van der Waals surface area contributed by atoms with Gasteiger partial charge in [-0.2, -0.15) is 0 Å². The van der Waals surface area contributed by atoms with Gasteiger partial charge in [-0.3, -0.25) is 0 Å². The quantitative estimate of drug-likeness (QED) is 0.765. The van der Waals surface area contributed by atoms with Crippen LogP contribution in [0, 0.1) is 0 Å². The van der Waals surface area contributed by atoms with Crippen LogP contribution in [0.2, 0.25) is 0 Å². The molecule has 1 aromatic carbocycles. The van der Waals surface area contributed by atoms with Gasteiger partial charge in [0.25, 0.3) is 0 Å². The number of fused-ring (bicyclic) bond motifs is 1. The summed E-state index contributed by atoms with van der Waals surface area (Å²) in [7, 11) is 0. The Bertz CT molecular complexity index is 591. The van der Waals surface area contributed by atoms with Crippen LogP contribution in [0.5, 0.6) is 0 Å². The average Bonchev–Trinajstić information content (AvgIpc) is 2.82. The molecule has 1 aliphatic rings. The molecule has 0 spiro atoms. The Kier molecular flexibility index (Phi) is 2.57. The molecular weight excluding hydrogens is 226 g/mol. The van der Waals surface area contributed by atoms with Crippen molar-refractivity contribution in [3.8, 4) is 0 Å². The minimum Gasteiger partial charge on any atom is -0.354 e. The number of anilines is 1. The predicted octanol–water partition coefficient (Wildman–Crippen LogP) is 4.62. The summed E-state index contributed by atoms with van der Waals surface area (Å²) in [5.74, 6) is 0. The van der Waals surface area contributed by atoms with E-state index >= 15 is 0 Å². The molecule has 17 heavy (non-hydrogen) atoms. The molecule has 3 rings (SSSR count). The summed E-state index contributed by atoms with van der Waals surface area (Å²) in [5, 5.41) is 5.65. The summed E-state index contributed by atoms with van der Waals surface area (Å²) < 4.78 is 0. The van der Waals surface area contributed by atoms with Gasteiger partial charge in [-0.15, -0.1) is 11.3 Å². The van der Waals surface area contributed by atoms with Crippen molar-refractivity contribution in [2.75, 3.05) is 5.32 Å². The SMILES string of the molecule is CC1=C(c2cccs2)Nc2ccccc2C=C1. The molecule has 1 nitrogen and oxygen atoms in total. The highest BCUT2D eigenvalue weighted by molar-refractivity contribution is 7.11. The van der Waals surface area contributed by atoms with Gasteiger partial charge in [-0.1, -0.05) is 36.4 Å². The standard InChI is InChI=1S/C15H13NS/c1-11-8-9-12-5-2-3-6-13(12)16-15(11)14-7-4-10-17-14/h2-10,16H,1H3. The van der Waals surface area contributed by atoms with E-state index in [9.17, 15) is 0 Å². The van der Waals surface area contributed by atoms with Crippen molar-refractivity contribution in [3.63, 3.8) is 0 Å². The van der Waals surface area contributed by atoms with Gasteiger partial charge in [0.15, 0.2) is 0 Å². The highest BCUT2D eigenvalue weighted by Gasteiger charge is 2.10. The molecule has 1 aromatic heterocycles. The second-order valence-corrected chi connectivity index (χ2v) is 5.03. The molecule has 2 heterocycles. The molecule has 0 saturated carbocycles. The van der Waals surface area contributed by atoms with Crippen LogP contribution < -0.4 is 5.32 Å². The molecule has 0 aliphatic carbocycles. The molecule has 0 amide bonds. The lowest BCUT2D eigenvalue weighted by atomic mass is 10.1. The first-order valence-corrected chi connectivity index (χ1v) is 6.51. The topological polar surface area (TPSA) is 12.0 Å². The maximum absolute atomic E-state index is 3.54. The van der Waals surface area contributed by atoms with Crippen molar-refractivity contribution in [2.45, 2.75) is 6.92 Å². The molecule has 1 N–H and O–H groups in total. The van der Waals surface area contributed by atoms with Crippen LogP contribution >= 0.6 is 11.3 Å². The van der Waals surface area contributed by atoms with E-state index in [0.717, 1.165) is 0 Å². The Labute approximate surface area is 105 Å². The zero-order valence-electron chi connectivity index (χ0n) is 9.60. The zero-order valence-corrected chi connectivity index (χ0v) is 10.4. The van der Waals surface area contributed by atoms with Crippen LogP contribution in [0.1, 0.15) is 17.4 Å². The first kappa shape index (κ1) is 10.4. The van der Waals surface area contributed by atoms with E-state index in [4.69, 9.17) is 0 Å². The van der Waals surface area contributed by atoms with Crippen LogP contribution in [0.4, 0.5) is 5.69 Å². The third kappa shape index (κ3) is 1.92. The summed E-state index contributed by atoms with van der Waals surface area (Å²) in [6.45, 7) is 2.14. The zero-order chi connectivity index (χ0) is 11.7. The number of para-hydroxylation sites is 1. The fourth-order valence-corrected chi connectivity index (χ4v) is 2.76. The molecule has 0 bridgehead atoms. The van der Waals surface area contributed by atoms with Crippen LogP contribution in [0.3, 0.4) is 0 Å².